The standard InChI is InChI=1S/C38H42N5O20P3/c44-22-6-9-25-29(17-22)60-30-18-23(45)7-10-26(30)35(25)24-8-5-21(16-27(24)37(49)50)36(48)41-12-3-1-2-4-33(47)40-14-13-39-32-11-15-43(38(51)42-32)34-19-28(46)31(61-34)20-59-65(55,56)63-66(57,58)62-64(52,53)54/h5-11,15-18,28,31,34,44,46H,1-4,12-14,19-20H2,(H,40,47)(H,41,48)(H,49,50)(H,55,56)(H,57,58)(H,39,42,51)(H2,52,53,54)/p-1/t28-,31+,34+/m0/s1. The van der Waals surface area contributed by atoms with Crippen LogP contribution >= 0.6 is 23.5 Å². The van der Waals surface area contributed by atoms with E-state index in [1.165, 1.54) is 66.9 Å². The fourth-order valence-corrected chi connectivity index (χ4v) is 9.86. The number of nitrogens with one attached hydrogen (secondary N) is 3. The maximum Gasteiger partial charge on any atom is 0.490 e. The molecule has 0 saturated carbocycles. The summed E-state index contributed by atoms with van der Waals surface area (Å²) in [6.45, 7) is -0.332. The van der Waals surface area contributed by atoms with Crippen LogP contribution in [-0.2, 0) is 36.4 Å². The van der Waals surface area contributed by atoms with Gasteiger partial charge in [0.15, 0.2) is 5.43 Å². The summed E-state index contributed by atoms with van der Waals surface area (Å²) >= 11 is 0. The second-order valence-corrected chi connectivity index (χ2v) is 18.9. The summed E-state index contributed by atoms with van der Waals surface area (Å²) in [6, 6.07) is 13.8. The Morgan fingerprint density at radius 3 is 2.35 bits per heavy atom. The number of fused-ring (bicyclic) bond motifs is 2. The molecular formula is C38H41N5O20P3-. The average Bonchev–Trinajstić information content (AvgIpc) is 3.59. The lowest BCUT2D eigenvalue weighted by Gasteiger charge is -2.19. The normalized spacial score (nSPS) is 18.1. The van der Waals surface area contributed by atoms with Crippen LogP contribution in [0, 0.1) is 0 Å². The van der Waals surface area contributed by atoms with Crippen molar-refractivity contribution >= 4 is 58.0 Å². The van der Waals surface area contributed by atoms with Gasteiger partial charge in [-0.25, -0.2) is 23.3 Å². The van der Waals surface area contributed by atoms with Crippen molar-refractivity contribution < 1.29 is 85.3 Å². The highest BCUT2D eigenvalue weighted by atomic mass is 31.3. The second kappa shape index (κ2) is 20.9. The van der Waals surface area contributed by atoms with Crippen molar-refractivity contribution in [2.75, 3.05) is 31.6 Å². The van der Waals surface area contributed by atoms with E-state index in [-0.39, 0.29) is 83.4 Å². The Bertz CT molecular complexity index is 2870. The molecule has 0 spiro atoms. The number of aromatic nitrogens is 2. The van der Waals surface area contributed by atoms with Crippen LogP contribution in [0.5, 0.6) is 5.75 Å². The number of carbonyl (C=O) groups is 3. The predicted octanol–water partition coefficient (Wildman–Crippen LogP) is 2.40. The summed E-state index contributed by atoms with van der Waals surface area (Å²) in [7, 11) is -16.8. The lowest BCUT2D eigenvalue weighted by molar-refractivity contribution is -0.268. The Kier molecular flexibility index (Phi) is 15.8. The third-order valence-electron chi connectivity index (χ3n) is 9.73. The fourth-order valence-electron chi connectivity index (χ4n) is 6.83. The number of hydrogen-bond donors (Lipinski definition) is 9. The summed E-state index contributed by atoms with van der Waals surface area (Å²) in [5.41, 5.74) is 0.00623. The van der Waals surface area contributed by atoms with E-state index in [0.717, 1.165) is 4.57 Å². The number of carbonyl (C=O) groups excluding carboxylic acids is 2. The van der Waals surface area contributed by atoms with Crippen molar-refractivity contribution in [2.45, 2.75) is 50.5 Å². The quantitative estimate of drug-likeness (QED) is 0.0289. The molecule has 3 aliphatic rings. The first-order chi connectivity index (χ1) is 31.1. The van der Waals surface area contributed by atoms with Gasteiger partial charge in [-0.2, -0.15) is 13.6 Å². The molecule has 1 saturated heterocycles. The molecule has 2 amide bonds. The number of phosphoric acid groups is 3. The van der Waals surface area contributed by atoms with Crippen LogP contribution in [0.4, 0.5) is 5.82 Å². The van der Waals surface area contributed by atoms with Crippen LogP contribution in [0.15, 0.2) is 80.9 Å². The highest BCUT2D eigenvalue weighted by molar-refractivity contribution is 7.66. The molecule has 2 aromatic carbocycles. The number of amides is 2. The third kappa shape index (κ3) is 13.2. The molecule has 25 nitrogen and oxygen atoms in total. The third-order valence-corrected chi connectivity index (χ3v) is 13.5. The van der Waals surface area contributed by atoms with Gasteiger partial charge in [0.1, 0.15) is 29.5 Å². The number of aliphatic hydroxyl groups excluding tert-OH is 1. The predicted molar refractivity (Wildman–Crippen MR) is 226 cm³/mol. The largest absolute Gasteiger partial charge is 0.872 e. The minimum absolute atomic E-state index is 0.0909. The van der Waals surface area contributed by atoms with Crippen molar-refractivity contribution in [1.82, 2.24) is 20.2 Å². The van der Waals surface area contributed by atoms with E-state index >= 15 is 0 Å². The number of hydrogen-bond acceptors (Lipinski definition) is 17. The molecule has 5 atom stereocenters. The van der Waals surface area contributed by atoms with E-state index in [0.29, 0.717) is 35.8 Å². The van der Waals surface area contributed by atoms with Gasteiger partial charge in [0.25, 0.3) is 5.91 Å². The first kappa shape index (κ1) is 49.8. The number of anilines is 1. The highest BCUT2D eigenvalue weighted by Gasteiger charge is 2.43. The molecule has 28 heteroatoms. The van der Waals surface area contributed by atoms with Gasteiger partial charge in [0, 0.05) is 66.8 Å². The van der Waals surface area contributed by atoms with Crippen LogP contribution < -0.4 is 32.2 Å². The zero-order valence-electron chi connectivity index (χ0n) is 34.1. The molecule has 0 radical (unpaired) electrons. The highest BCUT2D eigenvalue weighted by Crippen LogP contribution is 2.66. The molecule has 3 heterocycles. The first-order valence-electron chi connectivity index (χ1n) is 19.6. The smallest absolute Gasteiger partial charge is 0.490 e. The number of aliphatic hydroxyl groups is 1. The number of aromatic carboxylic acids is 1. The molecule has 2 aliphatic heterocycles. The van der Waals surface area contributed by atoms with E-state index in [1.807, 2.05) is 0 Å². The molecule has 6 rings (SSSR count). The summed E-state index contributed by atoms with van der Waals surface area (Å²) in [4.78, 5) is 103. The monoisotopic (exact) mass is 980 g/mol. The fraction of sp³-hybridized carbons (Fsp3) is 0.316. The SMILES string of the molecule is O=C(CCCCCNC(=O)c1ccc(-c2c3ccc(=O)cc-3oc3cc([O-])ccc23)c(C(=O)O)c1)NCCNc1ccn([C@H]2C[C@H](O)[C@@H](COP(=O)(O)OP(=O)(O)OP(=O)(O)O)O2)c(=O)n1. The van der Waals surface area contributed by atoms with Crippen molar-refractivity contribution in [1.29, 1.82) is 0 Å². The van der Waals surface area contributed by atoms with Gasteiger partial charge in [-0.05, 0) is 54.8 Å². The van der Waals surface area contributed by atoms with Gasteiger partial charge in [0.2, 0.25) is 5.91 Å². The summed E-state index contributed by atoms with van der Waals surface area (Å²) in [5, 5.41) is 41.4. The molecule has 3 aromatic rings. The van der Waals surface area contributed by atoms with Crippen molar-refractivity contribution in [3.63, 3.8) is 0 Å². The summed E-state index contributed by atoms with van der Waals surface area (Å²) in [5.74, 6) is -2.12. The second-order valence-electron chi connectivity index (χ2n) is 14.5. The molecule has 1 aliphatic carbocycles. The Morgan fingerprint density at radius 2 is 1.62 bits per heavy atom. The van der Waals surface area contributed by atoms with Crippen LogP contribution in [0.25, 0.3) is 33.4 Å². The molecule has 2 unspecified atom stereocenters. The van der Waals surface area contributed by atoms with Crippen LogP contribution in [0.2, 0.25) is 0 Å². The Labute approximate surface area is 371 Å². The number of unbranched alkanes of at least 4 members (excludes halogenated alkanes) is 2. The number of benzene rings is 3. The zero-order valence-corrected chi connectivity index (χ0v) is 36.8. The van der Waals surface area contributed by atoms with E-state index in [9.17, 15) is 62.8 Å². The summed E-state index contributed by atoms with van der Waals surface area (Å²) in [6.07, 6.45) is -1.01. The van der Waals surface area contributed by atoms with Gasteiger partial charge in [-0.1, -0.05) is 24.6 Å². The first-order valence-corrected chi connectivity index (χ1v) is 24.2. The van der Waals surface area contributed by atoms with Crippen molar-refractivity contribution in [2.24, 2.45) is 0 Å². The molecule has 0 bridgehead atoms. The Morgan fingerprint density at radius 1 is 0.864 bits per heavy atom. The number of rotatable bonds is 21. The molecule has 354 valence electrons. The zero-order chi connectivity index (χ0) is 48.0. The minimum Gasteiger partial charge on any atom is -0.872 e. The lowest BCUT2D eigenvalue weighted by atomic mass is 9.90. The number of ether oxygens (including phenoxy) is 1. The topological polar surface area (TPSA) is 385 Å². The van der Waals surface area contributed by atoms with Crippen LogP contribution in [-0.4, -0.2) is 95.6 Å². The maximum atomic E-state index is 13.0. The Hall–Kier alpha value is -5.65. The number of phosphoric ester groups is 1. The van der Waals surface area contributed by atoms with Crippen molar-refractivity contribution in [3.8, 4) is 28.2 Å². The average molecular weight is 981 g/mol. The molecular weight excluding hydrogens is 939 g/mol. The lowest BCUT2D eigenvalue weighted by Crippen LogP contribution is -2.30. The van der Waals surface area contributed by atoms with E-state index in [1.54, 1.807) is 0 Å². The summed E-state index contributed by atoms with van der Waals surface area (Å²) < 4.78 is 58.3. The van der Waals surface area contributed by atoms with Crippen LogP contribution in [0.1, 0.15) is 59.0 Å². The van der Waals surface area contributed by atoms with Crippen molar-refractivity contribution in [3.05, 3.63) is 98.7 Å². The number of nitrogens with zero attached hydrogens (tertiary/aromatic N) is 2. The maximum absolute atomic E-state index is 13.0. The number of carboxylic acid groups (broad SMARTS) is 1. The van der Waals surface area contributed by atoms with E-state index < -0.39 is 66.1 Å². The van der Waals surface area contributed by atoms with Gasteiger partial charge < -0.3 is 60.0 Å². The minimum atomic E-state index is -5.75. The van der Waals surface area contributed by atoms with E-state index in [4.69, 9.17) is 18.9 Å². The molecule has 9 N–H and O–H groups in total. The van der Waals surface area contributed by atoms with Crippen LogP contribution in [0.3, 0.4) is 0 Å². The van der Waals surface area contributed by atoms with E-state index in [2.05, 4.69) is 34.1 Å². The molecule has 1 aromatic heterocycles. The molecule has 1 fully saturated rings. The van der Waals surface area contributed by atoms with Gasteiger partial charge >= 0.3 is 35.1 Å². The van der Waals surface area contributed by atoms with Gasteiger partial charge in [0.05, 0.1) is 18.3 Å². The molecule has 66 heavy (non-hydrogen) atoms. The van der Waals surface area contributed by atoms with Gasteiger partial charge in [-0.3, -0.25) is 23.5 Å². The number of carboxylic acids is 1. The van der Waals surface area contributed by atoms with Gasteiger partial charge in [-0.15, -0.1) is 5.75 Å². The Balaban J connectivity index is 0.901.